The smallest absolute Gasteiger partial charge is 0.0408 e. The van der Waals surface area contributed by atoms with E-state index in [0.717, 1.165) is 10.9 Å². The van der Waals surface area contributed by atoms with E-state index in [4.69, 9.17) is 11.6 Å². The molecule has 0 radical (unpaired) electrons. The number of nitrogens with zero attached hydrogens (tertiary/aromatic N) is 1. The van der Waals surface area contributed by atoms with Crippen LogP contribution in [0.2, 0.25) is 5.02 Å². The Morgan fingerprint density at radius 2 is 2.27 bits per heavy atom. The van der Waals surface area contributed by atoms with E-state index in [1.54, 1.807) is 0 Å². The highest BCUT2D eigenvalue weighted by atomic mass is 35.5. The lowest BCUT2D eigenvalue weighted by molar-refractivity contribution is 0.363. The first-order chi connectivity index (χ1) is 6.71. The molecule has 1 aromatic rings. The molecular formula is C12H15Cl2N. The number of halogens is 2. The number of rotatable bonds is 1. The van der Waals surface area contributed by atoms with Crippen LogP contribution in [0.1, 0.15) is 12.0 Å². The van der Waals surface area contributed by atoms with Crippen LogP contribution >= 0.6 is 24.0 Å². The maximum absolute atomic E-state index is 6.03. The van der Waals surface area contributed by atoms with Crippen molar-refractivity contribution in [3.63, 3.8) is 0 Å². The summed E-state index contributed by atoms with van der Waals surface area (Å²) in [4.78, 5) is 2.43. The van der Waals surface area contributed by atoms with Crippen LogP contribution < -0.4 is 0 Å². The van der Waals surface area contributed by atoms with E-state index in [-0.39, 0.29) is 12.4 Å². The molecule has 15 heavy (non-hydrogen) atoms. The van der Waals surface area contributed by atoms with Gasteiger partial charge in [0.2, 0.25) is 0 Å². The van der Waals surface area contributed by atoms with Crippen LogP contribution in [0, 0.1) is 5.92 Å². The minimum absolute atomic E-state index is 0. The maximum atomic E-state index is 6.03. The summed E-state index contributed by atoms with van der Waals surface area (Å²) in [6.07, 6.45) is 1.36. The lowest BCUT2D eigenvalue weighted by Crippen LogP contribution is -2.22. The SMILES string of the molecule is CN1CC2CC2(c2cccc(Cl)c2)C1.Cl. The average Bonchev–Trinajstić information content (AvgIpc) is 2.71. The number of likely N-dealkylation sites (N-methyl/N-ethyl adjacent to an activating group) is 1. The van der Waals surface area contributed by atoms with E-state index in [0.29, 0.717) is 5.41 Å². The lowest BCUT2D eigenvalue weighted by atomic mass is 9.95. The van der Waals surface area contributed by atoms with Crippen LogP contribution in [0.15, 0.2) is 24.3 Å². The number of likely N-dealkylation sites (tertiary alicyclic amines) is 1. The molecular weight excluding hydrogens is 229 g/mol. The third kappa shape index (κ3) is 1.67. The van der Waals surface area contributed by atoms with Crippen molar-refractivity contribution in [3.05, 3.63) is 34.9 Å². The number of fused-ring (bicyclic) bond motifs is 1. The number of hydrogen-bond acceptors (Lipinski definition) is 1. The van der Waals surface area contributed by atoms with Crippen LogP contribution in [0.3, 0.4) is 0 Å². The monoisotopic (exact) mass is 243 g/mol. The zero-order valence-corrected chi connectivity index (χ0v) is 10.3. The summed E-state index contributed by atoms with van der Waals surface area (Å²) in [6.45, 7) is 2.46. The topological polar surface area (TPSA) is 3.24 Å². The summed E-state index contributed by atoms with van der Waals surface area (Å²) in [7, 11) is 2.21. The molecule has 1 heterocycles. The van der Waals surface area contributed by atoms with Crippen LogP contribution in [-0.4, -0.2) is 25.0 Å². The molecule has 0 amide bonds. The van der Waals surface area contributed by atoms with Crippen LogP contribution in [0.4, 0.5) is 0 Å². The fourth-order valence-electron chi connectivity index (χ4n) is 2.98. The molecule has 3 rings (SSSR count). The Bertz CT molecular complexity index is 380. The molecule has 1 aliphatic heterocycles. The van der Waals surface area contributed by atoms with Gasteiger partial charge in [-0.2, -0.15) is 0 Å². The van der Waals surface area contributed by atoms with E-state index in [1.165, 1.54) is 25.1 Å². The molecule has 0 N–H and O–H groups in total. The maximum Gasteiger partial charge on any atom is 0.0408 e. The minimum Gasteiger partial charge on any atom is -0.305 e. The molecule has 2 aliphatic rings. The Balaban J connectivity index is 0.000000853. The van der Waals surface area contributed by atoms with Crippen LogP contribution in [0.25, 0.3) is 0 Å². The summed E-state index contributed by atoms with van der Waals surface area (Å²) in [5.41, 5.74) is 1.90. The highest BCUT2D eigenvalue weighted by Crippen LogP contribution is 2.58. The Labute approximate surface area is 102 Å². The van der Waals surface area contributed by atoms with Gasteiger partial charge in [0.15, 0.2) is 0 Å². The summed E-state index contributed by atoms with van der Waals surface area (Å²) in [6, 6.07) is 8.39. The van der Waals surface area contributed by atoms with Crippen molar-refractivity contribution in [1.82, 2.24) is 4.90 Å². The summed E-state index contributed by atoms with van der Waals surface area (Å²) in [5, 5.41) is 0.872. The second-order valence-electron chi connectivity index (χ2n) is 4.76. The normalized spacial score (nSPS) is 33.3. The Hall–Kier alpha value is -0.240. The van der Waals surface area contributed by atoms with Gasteiger partial charge in [-0.25, -0.2) is 0 Å². The predicted octanol–water partition coefficient (Wildman–Crippen LogP) is 2.96. The van der Waals surface area contributed by atoms with Crippen molar-refractivity contribution in [2.75, 3.05) is 20.1 Å². The van der Waals surface area contributed by atoms with Crippen LogP contribution in [-0.2, 0) is 5.41 Å². The molecule has 2 unspecified atom stereocenters. The van der Waals surface area contributed by atoms with Gasteiger partial charge >= 0.3 is 0 Å². The summed E-state index contributed by atoms with van der Waals surface area (Å²) >= 11 is 6.03. The fourth-order valence-corrected chi connectivity index (χ4v) is 3.17. The lowest BCUT2D eigenvalue weighted by Gasteiger charge is -2.16. The van der Waals surface area contributed by atoms with Gasteiger partial charge in [0.05, 0.1) is 0 Å². The van der Waals surface area contributed by atoms with E-state index in [1.807, 2.05) is 6.07 Å². The zero-order valence-electron chi connectivity index (χ0n) is 8.74. The molecule has 3 heteroatoms. The Kier molecular flexibility index (Phi) is 2.74. The second kappa shape index (κ2) is 3.65. The van der Waals surface area contributed by atoms with Gasteiger partial charge in [-0.05, 0) is 37.1 Å². The standard InChI is InChI=1S/C12H14ClN.ClH/c1-14-7-10-6-12(10,8-14)9-3-2-4-11(13)5-9;/h2-5,10H,6-8H2,1H3;1H. The number of piperidine rings is 1. The van der Waals surface area contributed by atoms with Crippen molar-refractivity contribution in [2.45, 2.75) is 11.8 Å². The molecule has 0 spiro atoms. The minimum atomic E-state index is 0. The van der Waals surface area contributed by atoms with Gasteiger partial charge in [-0.3, -0.25) is 0 Å². The molecule has 1 nitrogen and oxygen atoms in total. The molecule has 0 aromatic heterocycles. The molecule has 1 aliphatic carbocycles. The van der Waals surface area contributed by atoms with Crippen molar-refractivity contribution in [2.24, 2.45) is 5.92 Å². The number of hydrogen-bond donors (Lipinski definition) is 0. The zero-order chi connectivity index (χ0) is 9.76. The highest BCUT2D eigenvalue weighted by molar-refractivity contribution is 6.30. The predicted molar refractivity (Wildman–Crippen MR) is 66.0 cm³/mol. The van der Waals surface area contributed by atoms with Gasteiger partial charge in [-0.15, -0.1) is 12.4 Å². The molecule has 2 fully saturated rings. The third-order valence-corrected chi connectivity index (χ3v) is 3.95. The van der Waals surface area contributed by atoms with Gasteiger partial charge in [-0.1, -0.05) is 23.7 Å². The van der Waals surface area contributed by atoms with Crippen LogP contribution in [0.5, 0.6) is 0 Å². The first-order valence-electron chi connectivity index (χ1n) is 5.15. The van der Waals surface area contributed by atoms with Crippen molar-refractivity contribution in [1.29, 1.82) is 0 Å². The van der Waals surface area contributed by atoms with E-state index in [9.17, 15) is 0 Å². The summed E-state index contributed by atoms with van der Waals surface area (Å²) in [5.74, 6) is 0.881. The second-order valence-corrected chi connectivity index (χ2v) is 5.20. The summed E-state index contributed by atoms with van der Waals surface area (Å²) < 4.78 is 0. The van der Waals surface area contributed by atoms with Gasteiger partial charge < -0.3 is 4.90 Å². The Morgan fingerprint density at radius 3 is 2.87 bits per heavy atom. The highest BCUT2D eigenvalue weighted by Gasteiger charge is 2.59. The van der Waals surface area contributed by atoms with E-state index < -0.39 is 0 Å². The molecule has 1 saturated heterocycles. The van der Waals surface area contributed by atoms with Gasteiger partial charge in [0, 0.05) is 23.5 Å². The van der Waals surface area contributed by atoms with Crippen molar-refractivity contribution in [3.8, 4) is 0 Å². The van der Waals surface area contributed by atoms with Gasteiger partial charge in [0.25, 0.3) is 0 Å². The third-order valence-electron chi connectivity index (χ3n) is 3.72. The molecule has 1 saturated carbocycles. The van der Waals surface area contributed by atoms with Crippen molar-refractivity contribution < 1.29 is 0 Å². The average molecular weight is 244 g/mol. The molecule has 0 bridgehead atoms. The quantitative estimate of drug-likeness (QED) is 0.734. The first-order valence-corrected chi connectivity index (χ1v) is 5.53. The van der Waals surface area contributed by atoms with E-state index in [2.05, 4.69) is 30.1 Å². The Morgan fingerprint density at radius 1 is 1.47 bits per heavy atom. The fraction of sp³-hybridized carbons (Fsp3) is 0.500. The largest absolute Gasteiger partial charge is 0.305 e. The van der Waals surface area contributed by atoms with Crippen molar-refractivity contribution >= 4 is 24.0 Å². The molecule has 2 atom stereocenters. The van der Waals surface area contributed by atoms with Gasteiger partial charge in [0.1, 0.15) is 0 Å². The molecule has 82 valence electrons. The van der Waals surface area contributed by atoms with E-state index >= 15 is 0 Å². The first kappa shape index (κ1) is 11.3. The number of benzene rings is 1. The molecule has 1 aromatic carbocycles.